The number of anilines is 1. The SMILES string of the molecule is COCC(C)Cn1c(C(F)(F)F)nc2cc(N)ccc21. The fourth-order valence-electron chi connectivity index (χ4n) is 2.20. The van der Waals surface area contributed by atoms with Gasteiger partial charge in [-0.05, 0) is 24.1 Å². The number of alkyl halides is 3. The molecule has 110 valence electrons. The van der Waals surface area contributed by atoms with Crippen molar-refractivity contribution in [3.05, 3.63) is 24.0 Å². The molecule has 0 saturated carbocycles. The molecule has 0 radical (unpaired) electrons. The molecule has 2 rings (SSSR count). The smallest absolute Gasteiger partial charge is 0.399 e. The van der Waals surface area contributed by atoms with Crippen LogP contribution in [-0.4, -0.2) is 23.3 Å². The third kappa shape index (κ3) is 2.87. The van der Waals surface area contributed by atoms with Crippen LogP contribution in [0.3, 0.4) is 0 Å². The third-order valence-corrected chi connectivity index (χ3v) is 2.97. The Morgan fingerprint density at radius 2 is 2.10 bits per heavy atom. The van der Waals surface area contributed by atoms with E-state index in [2.05, 4.69) is 4.98 Å². The number of aromatic nitrogens is 2. The minimum absolute atomic E-state index is 0.0592. The van der Waals surface area contributed by atoms with E-state index in [0.29, 0.717) is 17.8 Å². The van der Waals surface area contributed by atoms with E-state index < -0.39 is 12.0 Å². The van der Waals surface area contributed by atoms with Gasteiger partial charge in [-0.2, -0.15) is 13.2 Å². The molecule has 0 aliphatic heterocycles. The number of methoxy groups -OCH3 is 1. The lowest BCUT2D eigenvalue weighted by Gasteiger charge is -2.15. The van der Waals surface area contributed by atoms with Crippen molar-refractivity contribution in [1.82, 2.24) is 9.55 Å². The summed E-state index contributed by atoms with van der Waals surface area (Å²) in [6, 6.07) is 4.58. The molecule has 0 aliphatic carbocycles. The second-order valence-corrected chi connectivity index (χ2v) is 4.85. The van der Waals surface area contributed by atoms with Gasteiger partial charge < -0.3 is 15.0 Å². The summed E-state index contributed by atoms with van der Waals surface area (Å²) in [5.74, 6) is -0.961. The van der Waals surface area contributed by atoms with Crippen LogP contribution in [0.1, 0.15) is 12.7 Å². The van der Waals surface area contributed by atoms with Gasteiger partial charge in [0.2, 0.25) is 5.82 Å². The van der Waals surface area contributed by atoms with Crippen molar-refractivity contribution >= 4 is 16.7 Å². The quantitative estimate of drug-likeness (QED) is 0.880. The van der Waals surface area contributed by atoms with E-state index in [0.717, 1.165) is 0 Å². The van der Waals surface area contributed by atoms with Gasteiger partial charge >= 0.3 is 6.18 Å². The third-order valence-electron chi connectivity index (χ3n) is 2.97. The van der Waals surface area contributed by atoms with Crippen LogP contribution in [0.5, 0.6) is 0 Å². The van der Waals surface area contributed by atoms with Gasteiger partial charge in [-0.3, -0.25) is 0 Å². The van der Waals surface area contributed by atoms with Gasteiger partial charge in [-0.1, -0.05) is 6.92 Å². The van der Waals surface area contributed by atoms with Crippen LogP contribution < -0.4 is 5.73 Å². The molecule has 1 unspecified atom stereocenters. The van der Waals surface area contributed by atoms with E-state index in [1.54, 1.807) is 12.1 Å². The minimum Gasteiger partial charge on any atom is -0.399 e. The zero-order valence-electron chi connectivity index (χ0n) is 11.2. The van der Waals surface area contributed by atoms with Gasteiger partial charge in [0.25, 0.3) is 0 Å². The lowest BCUT2D eigenvalue weighted by Crippen LogP contribution is -2.19. The summed E-state index contributed by atoms with van der Waals surface area (Å²) in [4.78, 5) is 3.68. The lowest BCUT2D eigenvalue weighted by molar-refractivity contribution is -0.147. The predicted molar refractivity (Wildman–Crippen MR) is 70.2 cm³/mol. The minimum atomic E-state index is -4.50. The number of halogens is 3. The molecule has 4 nitrogen and oxygen atoms in total. The van der Waals surface area contributed by atoms with Crippen molar-refractivity contribution in [2.24, 2.45) is 5.92 Å². The average molecular weight is 287 g/mol. The summed E-state index contributed by atoms with van der Waals surface area (Å²) in [5, 5.41) is 0. The first-order valence-electron chi connectivity index (χ1n) is 6.15. The van der Waals surface area contributed by atoms with Gasteiger partial charge in [-0.25, -0.2) is 4.98 Å². The first kappa shape index (κ1) is 14.6. The van der Waals surface area contributed by atoms with Gasteiger partial charge in [-0.15, -0.1) is 0 Å². The molecule has 0 amide bonds. The van der Waals surface area contributed by atoms with Gasteiger partial charge in [0, 0.05) is 19.3 Å². The fourth-order valence-corrected chi connectivity index (χ4v) is 2.20. The second-order valence-electron chi connectivity index (χ2n) is 4.85. The van der Waals surface area contributed by atoms with E-state index in [-0.39, 0.29) is 18.0 Å². The maximum absolute atomic E-state index is 13.1. The molecule has 7 heteroatoms. The second kappa shape index (κ2) is 5.32. The van der Waals surface area contributed by atoms with E-state index in [1.807, 2.05) is 6.92 Å². The van der Waals surface area contributed by atoms with Crippen LogP contribution >= 0.6 is 0 Å². The van der Waals surface area contributed by atoms with E-state index in [1.165, 1.54) is 17.7 Å². The Balaban J connectivity index is 2.53. The molecule has 0 spiro atoms. The largest absolute Gasteiger partial charge is 0.449 e. The number of hydrogen-bond donors (Lipinski definition) is 1. The molecule has 0 saturated heterocycles. The van der Waals surface area contributed by atoms with Crippen molar-refractivity contribution in [2.45, 2.75) is 19.6 Å². The number of ether oxygens (including phenoxy) is 1. The molecule has 20 heavy (non-hydrogen) atoms. The Labute approximate surface area is 114 Å². The number of imidazole rings is 1. The zero-order chi connectivity index (χ0) is 14.9. The molecule has 1 aromatic heterocycles. The molecule has 2 N–H and O–H groups in total. The van der Waals surface area contributed by atoms with Crippen molar-refractivity contribution in [3.63, 3.8) is 0 Å². The highest BCUT2D eigenvalue weighted by molar-refractivity contribution is 5.79. The van der Waals surface area contributed by atoms with E-state index >= 15 is 0 Å². The van der Waals surface area contributed by atoms with Crippen molar-refractivity contribution < 1.29 is 17.9 Å². The highest BCUT2D eigenvalue weighted by Gasteiger charge is 2.37. The standard InChI is InChI=1S/C13H16F3N3O/c1-8(7-20-2)6-19-11-4-3-9(17)5-10(11)18-12(19)13(14,15)16/h3-5,8H,6-7,17H2,1-2H3. The maximum atomic E-state index is 13.1. The lowest BCUT2D eigenvalue weighted by atomic mass is 10.2. The molecule has 0 bridgehead atoms. The molecule has 0 aliphatic rings. The van der Waals surface area contributed by atoms with Crippen LogP contribution in [0.25, 0.3) is 11.0 Å². The van der Waals surface area contributed by atoms with Crippen LogP contribution in [0.2, 0.25) is 0 Å². The molecule has 0 fully saturated rings. The Morgan fingerprint density at radius 3 is 2.70 bits per heavy atom. The number of nitrogens with zero attached hydrogens (tertiary/aromatic N) is 2. The first-order chi connectivity index (χ1) is 9.32. The molecule has 2 aromatic rings. The summed E-state index contributed by atoms with van der Waals surface area (Å²) in [5.41, 5.74) is 6.66. The number of rotatable bonds is 4. The summed E-state index contributed by atoms with van der Waals surface area (Å²) in [6.45, 7) is 2.39. The summed E-state index contributed by atoms with van der Waals surface area (Å²) >= 11 is 0. The van der Waals surface area contributed by atoms with E-state index in [9.17, 15) is 13.2 Å². The average Bonchev–Trinajstić information content (AvgIpc) is 2.67. The normalized spacial score (nSPS) is 13.8. The molecular weight excluding hydrogens is 271 g/mol. The Morgan fingerprint density at radius 1 is 1.40 bits per heavy atom. The Kier molecular flexibility index (Phi) is 3.89. The number of nitrogens with two attached hydrogens (primary N) is 1. The monoisotopic (exact) mass is 287 g/mol. The van der Waals surface area contributed by atoms with Gasteiger partial charge in [0.15, 0.2) is 0 Å². The Bertz CT molecular complexity index is 607. The zero-order valence-corrected chi connectivity index (χ0v) is 11.2. The fraction of sp³-hybridized carbons (Fsp3) is 0.462. The number of nitrogen functional groups attached to an aromatic ring is 1. The molecular formula is C13H16F3N3O. The number of fused-ring (bicyclic) bond motifs is 1. The number of hydrogen-bond acceptors (Lipinski definition) is 3. The first-order valence-corrected chi connectivity index (χ1v) is 6.15. The van der Waals surface area contributed by atoms with Crippen LogP contribution in [0.4, 0.5) is 18.9 Å². The summed E-state index contributed by atoms with van der Waals surface area (Å²) in [6.07, 6.45) is -4.50. The van der Waals surface area contributed by atoms with Gasteiger partial charge in [0.05, 0.1) is 17.6 Å². The van der Waals surface area contributed by atoms with Crippen LogP contribution in [0, 0.1) is 5.92 Å². The topological polar surface area (TPSA) is 53.1 Å². The van der Waals surface area contributed by atoms with Gasteiger partial charge in [0.1, 0.15) is 0 Å². The van der Waals surface area contributed by atoms with Crippen molar-refractivity contribution in [2.75, 3.05) is 19.5 Å². The molecule has 1 aromatic carbocycles. The Hall–Kier alpha value is -1.76. The highest BCUT2D eigenvalue weighted by Crippen LogP contribution is 2.32. The maximum Gasteiger partial charge on any atom is 0.449 e. The summed E-state index contributed by atoms with van der Waals surface area (Å²) < 4.78 is 45.4. The number of benzene rings is 1. The summed E-state index contributed by atoms with van der Waals surface area (Å²) in [7, 11) is 1.52. The molecule has 1 atom stereocenters. The van der Waals surface area contributed by atoms with E-state index in [4.69, 9.17) is 10.5 Å². The highest BCUT2D eigenvalue weighted by atomic mass is 19.4. The van der Waals surface area contributed by atoms with Crippen molar-refractivity contribution in [1.29, 1.82) is 0 Å². The van der Waals surface area contributed by atoms with Crippen LogP contribution in [-0.2, 0) is 17.5 Å². The van der Waals surface area contributed by atoms with Crippen LogP contribution in [0.15, 0.2) is 18.2 Å². The van der Waals surface area contributed by atoms with Crippen molar-refractivity contribution in [3.8, 4) is 0 Å². The predicted octanol–water partition coefficient (Wildman–Crippen LogP) is 2.92. The molecule has 1 heterocycles.